The van der Waals surface area contributed by atoms with E-state index in [-0.39, 0.29) is 11.7 Å². The molecule has 18 heavy (non-hydrogen) atoms. The average molecular weight is 250 g/mol. The van der Waals surface area contributed by atoms with Crippen LogP contribution in [-0.4, -0.2) is 35.8 Å². The first-order valence-electron chi connectivity index (χ1n) is 6.25. The summed E-state index contributed by atoms with van der Waals surface area (Å²) in [5.41, 5.74) is 0.369. The first-order valence-corrected chi connectivity index (χ1v) is 6.25. The van der Waals surface area contributed by atoms with Gasteiger partial charge in [0, 0.05) is 26.0 Å². The van der Waals surface area contributed by atoms with Crippen molar-refractivity contribution in [2.24, 2.45) is 5.92 Å². The van der Waals surface area contributed by atoms with E-state index < -0.39 is 0 Å². The SMILES string of the molecule is O=C(NCCCOCC1CC1)c1cncc(O)c1. The normalized spacial score (nSPS) is 14.4. The second-order valence-corrected chi connectivity index (χ2v) is 4.56. The summed E-state index contributed by atoms with van der Waals surface area (Å²) in [4.78, 5) is 15.4. The van der Waals surface area contributed by atoms with Crippen molar-refractivity contribution in [3.63, 3.8) is 0 Å². The zero-order valence-corrected chi connectivity index (χ0v) is 10.3. The molecular formula is C13H18N2O3. The van der Waals surface area contributed by atoms with Gasteiger partial charge in [0.25, 0.3) is 5.91 Å². The number of hydrogen-bond acceptors (Lipinski definition) is 4. The maximum absolute atomic E-state index is 11.6. The van der Waals surface area contributed by atoms with E-state index in [1.54, 1.807) is 0 Å². The van der Waals surface area contributed by atoms with E-state index in [4.69, 9.17) is 4.74 Å². The fraction of sp³-hybridized carbons (Fsp3) is 0.538. The lowest BCUT2D eigenvalue weighted by atomic mass is 10.2. The number of amides is 1. The highest BCUT2D eigenvalue weighted by Crippen LogP contribution is 2.28. The molecule has 98 valence electrons. The van der Waals surface area contributed by atoms with Gasteiger partial charge in [-0.3, -0.25) is 9.78 Å². The number of aromatic hydroxyl groups is 1. The molecule has 1 aromatic rings. The van der Waals surface area contributed by atoms with E-state index >= 15 is 0 Å². The number of aromatic nitrogens is 1. The average Bonchev–Trinajstić information content (AvgIpc) is 3.17. The van der Waals surface area contributed by atoms with Gasteiger partial charge in [0.2, 0.25) is 0 Å². The van der Waals surface area contributed by atoms with Crippen molar-refractivity contribution in [3.8, 4) is 5.75 Å². The topological polar surface area (TPSA) is 71.5 Å². The summed E-state index contributed by atoms with van der Waals surface area (Å²) in [6, 6.07) is 1.39. The molecular weight excluding hydrogens is 232 g/mol. The largest absolute Gasteiger partial charge is 0.506 e. The van der Waals surface area contributed by atoms with Gasteiger partial charge in [0.15, 0.2) is 0 Å². The quantitative estimate of drug-likeness (QED) is 0.716. The number of nitrogens with zero attached hydrogens (tertiary/aromatic N) is 1. The Morgan fingerprint density at radius 1 is 1.50 bits per heavy atom. The summed E-state index contributed by atoms with van der Waals surface area (Å²) in [5.74, 6) is 0.550. The molecule has 1 aliphatic rings. The molecule has 0 aromatic carbocycles. The molecule has 0 unspecified atom stereocenters. The molecule has 1 heterocycles. The van der Waals surface area contributed by atoms with Crippen LogP contribution in [0.5, 0.6) is 5.75 Å². The van der Waals surface area contributed by atoms with Gasteiger partial charge in [-0.2, -0.15) is 0 Å². The Labute approximate surface area is 106 Å². The Kier molecular flexibility index (Phi) is 4.52. The third-order valence-electron chi connectivity index (χ3n) is 2.79. The highest BCUT2D eigenvalue weighted by atomic mass is 16.5. The van der Waals surface area contributed by atoms with Crippen LogP contribution >= 0.6 is 0 Å². The third-order valence-corrected chi connectivity index (χ3v) is 2.79. The smallest absolute Gasteiger partial charge is 0.252 e. The van der Waals surface area contributed by atoms with Crippen LogP contribution in [0.3, 0.4) is 0 Å². The van der Waals surface area contributed by atoms with Crippen LogP contribution in [0.2, 0.25) is 0 Å². The van der Waals surface area contributed by atoms with Crippen molar-refractivity contribution in [2.75, 3.05) is 19.8 Å². The standard InChI is InChI=1S/C13H18N2O3/c16-12-6-11(7-14-8-12)13(17)15-4-1-5-18-9-10-2-3-10/h6-8,10,16H,1-5,9H2,(H,15,17). The second kappa shape index (κ2) is 6.35. The Bertz CT molecular complexity index is 405. The molecule has 1 saturated carbocycles. The van der Waals surface area contributed by atoms with Gasteiger partial charge in [0.1, 0.15) is 5.75 Å². The van der Waals surface area contributed by atoms with E-state index in [0.29, 0.717) is 18.7 Å². The van der Waals surface area contributed by atoms with Crippen molar-refractivity contribution in [1.29, 1.82) is 0 Å². The zero-order chi connectivity index (χ0) is 12.8. The van der Waals surface area contributed by atoms with Crippen molar-refractivity contribution in [3.05, 3.63) is 24.0 Å². The molecule has 0 aliphatic heterocycles. The predicted molar refractivity (Wildman–Crippen MR) is 66.4 cm³/mol. The van der Waals surface area contributed by atoms with Crippen LogP contribution in [0.15, 0.2) is 18.5 Å². The number of pyridine rings is 1. The molecule has 2 N–H and O–H groups in total. The molecule has 1 aromatic heterocycles. The monoisotopic (exact) mass is 250 g/mol. The molecule has 1 fully saturated rings. The van der Waals surface area contributed by atoms with Crippen LogP contribution in [-0.2, 0) is 4.74 Å². The number of nitrogens with one attached hydrogen (secondary N) is 1. The Hall–Kier alpha value is -1.62. The van der Waals surface area contributed by atoms with Gasteiger partial charge in [-0.15, -0.1) is 0 Å². The van der Waals surface area contributed by atoms with Crippen molar-refractivity contribution < 1.29 is 14.6 Å². The maximum atomic E-state index is 11.6. The van der Waals surface area contributed by atoms with E-state index in [2.05, 4.69) is 10.3 Å². The number of carbonyl (C=O) groups is 1. The second-order valence-electron chi connectivity index (χ2n) is 4.56. The fourth-order valence-corrected chi connectivity index (χ4v) is 1.56. The van der Waals surface area contributed by atoms with Crippen LogP contribution in [0.4, 0.5) is 0 Å². The summed E-state index contributed by atoms with van der Waals surface area (Å²) >= 11 is 0. The first-order chi connectivity index (χ1) is 8.75. The molecule has 0 saturated heterocycles. The first kappa shape index (κ1) is 12.8. The molecule has 5 nitrogen and oxygen atoms in total. The lowest BCUT2D eigenvalue weighted by Crippen LogP contribution is -2.25. The molecule has 0 bridgehead atoms. The fourth-order valence-electron chi connectivity index (χ4n) is 1.56. The lowest BCUT2D eigenvalue weighted by Gasteiger charge is -2.06. The summed E-state index contributed by atoms with van der Waals surface area (Å²) in [5, 5.41) is 12.0. The molecule has 0 radical (unpaired) electrons. The van der Waals surface area contributed by atoms with Gasteiger partial charge < -0.3 is 15.2 Å². The predicted octanol–water partition coefficient (Wildman–Crippen LogP) is 1.33. The number of hydrogen-bond donors (Lipinski definition) is 2. The summed E-state index contributed by atoms with van der Waals surface area (Å²) < 4.78 is 5.46. The van der Waals surface area contributed by atoms with Crippen molar-refractivity contribution in [1.82, 2.24) is 10.3 Å². The Morgan fingerprint density at radius 3 is 3.06 bits per heavy atom. The summed E-state index contributed by atoms with van der Waals surface area (Å²) in [7, 11) is 0. The molecule has 0 spiro atoms. The number of carbonyl (C=O) groups excluding carboxylic acids is 1. The van der Waals surface area contributed by atoms with Gasteiger partial charge in [-0.1, -0.05) is 0 Å². The van der Waals surface area contributed by atoms with E-state index in [1.165, 1.54) is 31.3 Å². The van der Waals surface area contributed by atoms with Gasteiger partial charge in [-0.25, -0.2) is 0 Å². The highest BCUT2D eigenvalue weighted by molar-refractivity contribution is 5.94. The molecule has 5 heteroatoms. The summed E-state index contributed by atoms with van der Waals surface area (Å²) in [6.45, 7) is 2.10. The highest BCUT2D eigenvalue weighted by Gasteiger charge is 2.20. The minimum atomic E-state index is -0.222. The maximum Gasteiger partial charge on any atom is 0.252 e. The molecule has 0 atom stereocenters. The van der Waals surface area contributed by atoms with Crippen molar-refractivity contribution in [2.45, 2.75) is 19.3 Å². The third kappa shape index (κ3) is 4.33. The summed E-state index contributed by atoms with van der Waals surface area (Å²) in [6.07, 6.45) is 6.11. The van der Waals surface area contributed by atoms with E-state index in [1.807, 2.05) is 0 Å². The van der Waals surface area contributed by atoms with Gasteiger partial charge in [0.05, 0.1) is 11.8 Å². The van der Waals surface area contributed by atoms with E-state index in [9.17, 15) is 9.90 Å². The Morgan fingerprint density at radius 2 is 2.33 bits per heavy atom. The Balaban J connectivity index is 1.59. The van der Waals surface area contributed by atoms with Crippen molar-refractivity contribution >= 4 is 5.91 Å². The number of ether oxygens (including phenoxy) is 1. The zero-order valence-electron chi connectivity index (χ0n) is 10.3. The lowest BCUT2D eigenvalue weighted by molar-refractivity contribution is 0.0936. The molecule has 2 rings (SSSR count). The van der Waals surface area contributed by atoms with Crippen LogP contribution in [0, 0.1) is 5.92 Å². The van der Waals surface area contributed by atoms with Gasteiger partial charge in [-0.05, 0) is 31.2 Å². The minimum absolute atomic E-state index is 0.00424. The van der Waals surface area contributed by atoms with Crippen LogP contribution in [0.25, 0.3) is 0 Å². The molecule has 1 amide bonds. The number of rotatable bonds is 7. The molecule has 1 aliphatic carbocycles. The van der Waals surface area contributed by atoms with E-state index in [0.717, 1.165) is 18.9 Å². The minimum Gasteiger partial charge on any atom is -0.506 e. The van der Waals surface area contributed by atoms with Crippen LogP contribution in [0.1, 0.15) is 29.6 Å². The van der Waals surface area contributed by atoms with Gasteiger partial charge >= 0.3 is 0 Å². The van der Waals surface area contributed by atoms with Crippen LogP contribution < -0.4 is 5.32 Å².